The highest BCUT2D eigenvalue weighted by molar-refractivity contribution is 5.99. The van der Waals surface area contributed by atoms with Gasteiger partial charge >= 0.3 is 0 Å². The van der Waals surface area contributed by atoms with Crippen LogP contribution in [0.5, 0.6) is 5.88 Å². The number of ether oxygens (including phenoxy) is 2. The van der Waals surface area contributed by atoms with E-state index in [1.165, 1.54) is 12.8 Å². The van der Waals surface area contributed by atoms with Crippen molar-refractivity contribution in [3.8, 4) is 5.88 Å². The van der Waals surface area contributed by atoms with Crippen molar-refractivity contribution in [2.45, 2.75) is 64.9 Å². The lowest BCUT2D eigenvalue weighted by Gasteiger charge is -2.12. The molecule has 6 heteroatoms. The summed E-state index contributed by atoms with van der Waals surface area (Å²) >= 11 is 0. The zero-order valence-corrected chi connectivity index (χ0v) is 17.5. The van der Waals surface area contributed by atoms with Gasteiger partial charge in [-0.05, 0) is 51.2 Å². The summed E-state index contributed by atoms with van der Waals surface area (Å²) in [5, 5.41) is 3.83. The number of nitrogens with one attached hydrogen (secondary N) is 1. The van der Waals surface area contributed by atoms with Crippen molar-refractivity contribution in [2.75, 3.05) is 0 Å². The molecule has 1 aliphatic carbocycles. The standard InChI is InChI=1S/C24H28N2O4/c1-16(2)28-15-20-19-9-5-6-10-21(19)30-23(20)24(27)26-14-17-11-12-22(25-13-17)29-18-7-3-4-8-18/h5-6,9-13,16,18H,3-4,7-8,14-15H2,1-2H3,(H,26,27). The molecule has 158 valence electrons. The molecule has 0 aliphatic heterocycles. The minimum Gasteiger partial charge on any atom is -0.474 e. The lowest BCUT2D eigenvalue weighted by atomic mass is 10.1. The Morgan fingerprint density at radius 1 is 1.20 bits per heavy atom. The molecule has 0 atom stereocenters. The Kier molecular flexibility index (Phi) is 6.33. The number of nitrogens with zero attached hydrogens (tertiary/aromatic N) is 1. The zero-order valence-electron chi connectivity index (χ0n) is 17.5. The third-order valence-corrected chi connectivity index (χ3v) is 5.31. The number of benzene rings is 1. The molecular formula is C24H28N2O4. The van der Waals surface area contributed by atoms with Crippen LogP contribution in [0, 0.1) is 0 Å². The van der Waals surface area contributed by atoms with Crippen LogP contribution in [-0.2, 0) is 17.9 Å². The molecule has 2 heterocycles. The molecule has 0 spiro atoms. The lowest BCUT2D eigenvalue weighted by molar-refractivity contribution is 0.0643. The molecule has 1 aromatic carbocycles. The number of rotatable bonds is 8. The molecule has 30 heavy (non-hydrogen) atoms. The van der Waals surface area contributed by atoms with Gasteiger partial charge in [0.1, 0.15) is 11.7 Å². The fraction of sp³-hybridized carbons (Fsp3) is 0.417. The van der Waals surface area contributed by atoms with Gasteiger partial charge < -0.3 is 19.2 Å². The van der Waals surface area contributed by atoms with Crippen molar-refractivity contribution in [1.29, 1.82) is 0 Å². The van der Waals surface area contributed by atoms with Gasteiger partial charge in [0.15, 0.2) is 5.76 Å². The zero-order chi connectivity index (χ0) is 20.9. The van der Waals surface area contributed by atoms with Crippen LogP contribution in [0.15, 0.2) is 47.0 Å². The third kappa shape index (κ3) is 4.82. The summed E-state index contributed by atoms with van der Waals surface area (Å²) < 4.78 is 17.5. The summed E-state index contributed by atoms with van der Waals surface area (Å²) in [7, 11) is 0. The number of amides is 1. The molecule has 0 radical (unpaired) electrons. The van der Waals surface area contributed by atoms with Crippen LogP contribution in [-0.4, -0.2) is 23.1 Å². The van der Waals surface area contributed by atoms with E-state index in [4.69, 9.17) is 13.9 Å². The van der Waals surface area contributed by atoms with E-state index < -0.39 is 0 Å². The van der Waals surface area contributed by atoms with Gasteiger partial charge in [-0.25, -0.2) is 4.98 Å². The number of fused-ring (bicyclic) bond motifs is 1. The SMILES string of the molecule is CC(C)OCc1c(C(=O)NCc2ccc(OC3CCCC3)nc2)oc2ccccc12. The molecule has 2 aromatic heterocycles. The van der Waals surface area contributed by atoms with Crippen LogP contribution in [0.3, 0.4) is 0 Å². The van der Waals surface area contributed by atoms with Gasteiger partial charge in [0.25, 0.3) is 5.91 Å². The first-order valence-electron chi connectivity index (χ1n) is 10.6. The Morgan fingerprint density at radius 2 is 2.00 bits per heavy atom. The summed E-state index contributed by atoms with van der Waals surface area (Å²) in [5.74, 6) is 0.674. The second-order valence-corrected chi connectivity index (χ2v) is 7.98. The number of carbonyl (C=O) groups is 1. The third-order valence-electron chi connectivity index (χ3n) is 5.31. The van der Waals surface area contributed by atoms with E-state index in [-0.39, 0.29) is 18.1 Å². The molecule has 1 fully saturated rings. The molecule has 1 N–H and O–H groups in total. The van der Waals surface area contributed by atoms with Crippen molar-refractivity contribution < 1.29 is 18.7 Å². The van der Waals surface area contributed by atoms with Gasteiger partial charge in [-0.3, -0.25) is 4.79 Å². The van der Waals surface area contributed by atoms with Crippen LogP contribution in [0.25, 0.3) is 11.0 Å². The molecule has 3 aromatic rings. The molecule has 1 amide bonds. The Labute approximate surface area is 176 Å². The predicted octanol–water partition coefficient (Wildman–Crippen LogP) is 5.00. The quantitative estimate of drug-likeness (QED) is 0.567. The highest BCUT2D eigenvalue weighted by Crippen LogP contribution is 2.27. The summed E-state index contributed by atoms with van der Waals surface area (Å²) in [5.41, 5.74) is 2.36. The van der Waals surface area contributed by atoms with Gasteiger partial charge in [0, 0.05) is 29.8 Å². The van der Waals surface area contributed by atoms with E-state index in [1.807, 2.05) is 50.2 Å². The average Bonchev–Trinajstić information content (AvgIpc) is 3.39. The van der Waals surface area contributed by atoms with Gasteiger partial charge in [-0.15, -0.1) is 0 Å². The van der Waals surface area contributed by atoms with Crippen molar-refractivity contribution in [1.82, 2.24) is 10.3 Å². The predicted molar refractivity (Wildman–Crippen MR) is 114 cm³/mol. The molecule has 1 aliphatic rings. The van der Waals surface area contributed by atoms with Crippen molar-refractivity contribution >= 4 is 16.9 Å². The van der Waals surface area contributed by atoms with E-state index in [9.17, 15) is 4.79 Å². The molecular weight excluding hydrogens is 380 g/mol. The Bertz CT molecular complexity index is 988. The summed E-state index contributed by atoms with van der Waals surface area (Å²) in [6, 6.07) is 11.4. The molecule has 0 bridgehead atoms. The number of carbonyl (C=O) groups excluding carboxylic acids is 1. The largest absolute Gasteiger partial charge is 0.474 e. The summed E-state index contributed by atoms with van der Waals surface area (Å²) in [6.45, 7) is 4.62. The molecule has 0 unspecified atom stereocenters. The topological polar surface area (TPSA) is 73.6 Å². The first-order chi connectivity index (χ1) is 14.6. The van der Waals surface area contributed by atoms with E-state index in [0.717, 1.165) is 29.4 Å². The average molecular weight is 408 g/mol. The van der Waals surface area contributed by atoms with Crippen molar-refractivity contribution in [3.05, 3.63) is 59.5 Å². The fourth-order valence-electron chi connectivity index (χ4n) is 3.70. The maximum Gasteiger partial charge on any atom is 0.287 e. The fourth-order valence-corrected chi connectivity index (χ4v) is 3.70. The summed E-state index contributed by atoms with van der Waals surface area (Å²) in [4.78, 5) is 17.2. The Hall–Kier alpha value is -2.86. The lowest BCUT2D eigenvalue weighted by Crippen LogP contribution is -2.23. The minimum absolute atomic E-state index is 0.0608. The summed E-state index contributed by atoms with van der Waals surface area (Å²) in [6.07, 6.45) is 6.72. The monoisotopic (exact) mass is 408 g/mol. The van der Waals surface area contributed by atoms with Crippen molar-refractivity contribution in [3.63, 3.8) is 0 Å². The Morgan fingerprint density at radius 3 is 2.73 bits per heavy atom. The van der Waals surface area contributed by atoms with Gasteiger partial charge in [0.05, 0.1) is 12.7 Å². The normalized spacial score (nSPS) is 14.5. The number of pyridine rings is 1. The van der Waals surface area contributed by atoms with Crippen LogP contribution in [0.2, 0.25) is 0 Å². The molecule has 1 saturated carbocycles. The van der Waals surface area contributed by atoms with Gasteiger partial charge in [-0.1, -0.05) is 24.3 Å². The Balaban J connectivity index is 1.42. The van der Waals surface area contributed by atoms with Crippen LogP contribution >= 0.6 is 0 Å². The van der Waals surface area contributed by atoms with E-state index >= 15 is 0 Å². The number of hydrogen-bond donors (Lipinski definition) is 1. The van der Waals surface area contributed by atoms with Gasteiger partial charge in [-0.2, -0.15) is 0 Å². The van der Waals surface area contributed by atoms with Crippen molar-refractivity contribution in [2.24, 2.45) is 0 Å². The first-order valence-corrected chi connectivity index (χ1v) is 10.6. The van der Waals surface area contributed by atoms with Crippen LogP contribution in [0.4, 0.5) is 0 Å². The second-order valence-electron chi connectivity index (χ2n) is 7.98. The first kappa shape index (κ1) is 20.4. The number of aromatic nitrogens is 1. The van der Waals surface area contributed by atoms with Gasteiger partial charge in [0.2, 0.25) is 5.88 Å². The van der Waals surface area contributed by atoms with Crippen LogP contribution in [0.1, 0.15) is 61.2 Å². The molecule has 0 saturated heterocycles. The maximum atomic E-state index is 12.8. The molecule has 6 nitrogen and oxygen atoms in total. The number of para-hydroxylation sites is 1. The smallest absolute Gasteiger partial charge is 0.287 e. The highest BCUT2D eigenvalue weighted by Gasteiger charge is 2.21. The van der Waals surface area contributed by atoms with E-state index in [1.54, 1.807) is 6.20 Å². The minimum atomic E-state index is -0.264. The van der Waals surface area contributed by atoms with Crippen LogP contribution < -0.4 is 10.1 Å². The number of hydrogen-bond acceptors (Lipinski definition) is 5. The maximum absolute atomic E-state index is 12.8. The van der Waals surface area contributed by atoms with E-state index in [2.05, 4.69) is 10.3 Å². The highest BCUT2D eigenvalue weighted by atomic mass is 16.5. The second kappa shape index (κ2) is 9.30. The number of furan rings is 1. The molecule has 4 rings (SSSR count). The van der Waals surface area contributed by atoms with E-state index in [0.29, 0.717) is 30.4 Å².